The summed E-state index contributed by atoms with van der Waals surface area (Å²) < 4.78 is 38.7. The topological polar surface area (TPSA) is 20.3 Å². The molecule has 0 heterocycles. The van der Waals surface area contributed by atoms with Gasteiger partial charge < -0.3 is 4.90 Å². The highest BCUT2D eigenvalue weighted by molar-refractivity contribution is 5.98. The fourth-order valence-corrected chi connectivity index (χ4v) is 1.17. The summed E-state index contributed by atoms with van der Waals surface area (Å²) in [4.78, 5) is 12.8. The Labute approximate surface area is 85.3 Å². The number of Topliss-reactive ketones (excluding diaryl/α,β-unsaturated/α-hetero) is 1. The van der Waals surface area contributed by atoms with Crippen molar-refractivity contribution in [2.24, 2.45) is 0 Å². The van der Waals surface area contributed by atoms with E-state index in [1.807, 2.05) is 0 Å². The van der Waals surface area contributed by atoms with Gasteiger partial charge in [-0.15, -0.1) is 0 Å². The van der Waals surface area contributed by atoms with Crippen molar-refractivity contribution in [3.8, 4) is 0 Å². The molecule has 0 saturated carbocycles. The molecule has 2 nitrogen and oxygen atoms in total. The summed E-state index contributed by atoms with van der Waals surface area (Å²) in [6.45, 7) is -0.126. The number of hydrogen-bond donors (Lipinski definition) is 0. The van der Waals surface area contributed by atoms with E-state index in [1.54, 1.807) is 14.1 Å². The van der Waals surface area contributed by atoms with Crippen LogP contribution >= 0.6 is 0 Å². The molecule has 15 heavy (non-hydrogen) atoms. The van der Waals surface area contributed by atoms with Crippen molar-refractivity contribution in [3.05, 3.63) is 35.1 Å². The Hall–Kier alpha value is -1.36. The largest absolute Gasteiger partial charge is 0.302 e. The highest BCUT2D eigenvalue weighted by Gasteiger charge is 2.18. The van der Waals surface area contributed by atoms with Crippen molar-refractivity contribution in [1.82, 2.24) is 4.90 Å². The molecule has 0 aromatic heterocycles. The summed E-state index contributed by atoms with van der Waals surface area (Å²) >= 11 is 0. The molecule has 0 saturated heterocycles. The van der Waals surface area contributed by atoms with E-state index in [4.69, 9.17) is 0 Å². The first-order valence-corrected chi connectivity index (χ1v) is 4.24. The first-order valence-electron chi connectivity index (χ1n) is 4.24. The van der Waals surface area contributed by atoms with E-state index in [9.17, 15) is 18.0 Å². The number of carbonyl (C=O) groups is 1. The van der Waals surface area contributed by atoms with Gasteiger partial charge in [0.25, 0.3) is 0 Å². The van der Waals surface area contributed by atoms with Crippen molar-refractivity contribution in [3.63, 3.8) is 0 Å². The van der Waals surface area contributed by atoms with Gasteiger partial charge in [-0.3, -0.25) is 4.79 Å². The van der Waals surface area contributed by atoms with Gasteiger partial charge in [-0.2, -0.15) is 0 Å². The van der Waals surface area contributed by atoms with Gasteiger partial charge in [0.15, 0.2) is 5.78 Å². The molecule has 0 spiro atoms. The van der Waals surface area contributed by atoms with E-state index in [-0.39, 0.29) is 6.54 Å². The van der Waals surface area contributed by atoms with Crippen LogP contribution < -0.4 is 0 Å². The standard InChI is InChI=1S/C10H10F3NO/c1-14(2)5-9(15)10-7(12)3-6(11)4-8(10)13/h3-4H,5H2,1-2H3. The van der Waals surface area contributed by atoms with E-state index in [1.165, 1.54) is 4.90 Å². The Bertz CT molecular complexity index is 367. The quantitative estimate of drug-likeness (QED) is 0.720. The van der Waals surface area contributed by atoms with Crippen LogP contribution in [0.2, 0.25) is 0 Å². The number of rotatable bonds is 3. The van der Waals surface area contributed by atoms with Gasteiger partial charge >= 0.3 is 0 Å². The zero-order valence-corrected chi connectivity index (χ0v) is 8.35. The molecule has 0 aliphatic rings. The first kappa shape index (κ1) is 11.7. The second-order valence-corrected chi connectivity index (χ2v) is 3.41. The molecule has 82 valence electrons. The average molecular weight is 217 g/mol. The highest BCUT2D eigenvalue weighted by Crippen LogP contribution is 2.15. The maximum atomic E-state index is 13.1. The van der Waals surface area contributed by atoms with Gasteiger partial charge in [-0.25, -0.2) is 13.2 Å². The zero-order chi connectivity index (χ0) is 11.6. The number of likely N-dealkylation sites (N-methyl/N-ethyl adjacent to an activating group) is 1. The van der Waals surface area contributed by atoms with E-state index in [0.717, 1.165) is 0 Å². The van der Waals surface area contributed by atoms with Crippen LogP contribution in [0.5, 0.6) is 0 Å². The highest BCUT2D eigenvalue weighted by atomic mass is 19.1. The molecular weight excluding hydrogens is 207 g/mol. The van der Waals surface area contributed by atoms with Crippen molar-refractivity contribution in [1.29, 1.82) is 0 Å². The van der Waals surface area contributed by atoms with Gasteiger partial charge in [0, 0.05) is 12.1 Å². The van der Waals surface area contributed by atoms with Crippen LogP contribution in [0.1, 0.15) is 10.4 Å². The summed E-state index contributed by atoms with van der Waals surface area (Å²) in [5.41, 5.74) is -0.690. The number of carbonyl (C=O) groups excluding carboxylic acids is 1. The smallest absolute Gasteiger partial charge is 0.182 e. The lowest BCUT2D eigenvalue weighted by Gasteiger charge is -2.09. The van der Waals surface area contributed by atoms with Crippen LogP contribution in [0, 0.1) is 17.5 Å². The maximum Gasteiger partial charge on any atom is 0.182 e. The molecule has 1 aromatic carbocycles. The molecule has 1 rings (SSSR count). The van der Waals surface area contributed by atoms with Crippen LogP contribution in [0.15, 0.2) is 12.1 Å². The molecule has 5 heteroatoms. The number of nitrogens with zero attached hydrogens (tertiary/aromatic N) is 1. The van der Waals surface area contributed by atoms with Crippen LogP contribution in [0.4, 0.5) is 13.2 Å². The Morgan fingerprint density at radius 2 is 1.67 bits per heavy atom. The minimum absolute atomic E-state index is 0.126. The van der Waals surface area contributed by atoms with Gasteiger partial charge in [-0.05, 0) is 14.1 Å². The van der Waals surface area contributed by atoms with Crippen molar-refractivity contribution >= 4 is 5.78 Å². The van der Waals surface area contributed by atoms with E-state index >= 15 is 0 Å². The lowest BCUT2D eigenvalue weighted by Crippen LogP contribution is -2.23. The fourth-order valence-electron chi connectivity index (χ4n) is 1.17. The van der Waals surface area contributed by atoms with Crippen molar-refractivity contribution < 1.29 is 18.0 Å². The first-order chi connectivity index (χ1) is 6.91. The summed E-state index contributed by atoms with van der Waals surface area (Å²) in [5.74, 6) is -4.08. The Morgan fingerprint density at radius 1 is 1.20 bits per heavy atom. The summed E-state index contributed by atoms with van der Waals surface area (Å²) in [6.07, 6.45) is 0. The Balaban J connectivity index is 3.09. The molecular formula is C10H10F3NO. The van der Waals surface area contributed by atoms with Crippen LogP contribution in [-0.4, -0.2) is 31.3 Å². The molecule has 0 aliphatic carbocycles. The predicted octanol–water partition coefficient (Wildman–Crippen LogP) is 1.85. The van der Waals surface area contributed by atoms with Crippen LogP contribution in [0.25, 0.3) is 0 Å². The summed E-state index contributed by atoms with van der Waals surface area (Å²) in [7, 11) is 3.19. The minimum atomic E-state index is -1.17. The van der Waals surface area contributed by atoms with Gasteiger partial charge in [0.2, 0.25) is 0 Å². The monoisotopic (exact) mass is 217 g/mol. The van der Waals surface area contributed by atoms with Crippen molar-refractivity contribution in [2.45, 2.75) is 0 Å². The molecule has 0 bridgehead atoms. The van der Waals surface area contributed by atoms with Crippen LogP contribution in [-0.2, 0) is 0 Å². The second kappa shape index (κ2) is 4.44. The molecule has 0 fully saturated rings. The van der Waals surface area contributed by atoms with Gasteiger partial charge in [0.05, 0.1) is 12.1 Å². The lowest BCUT2D eigenvalue weighted by atomic mass is 10.1. The van der Waals surface area contributed by atoms with E-state index < -0.39 is 28.8 Å². The molecule has 0 N–H and O–H groups in total. The van der Waals surface area contributed by atoms with E-state index in [2.05, 4.69) is 0 Å². The third-order valence-electron chi connectivity index (χ3n) is 1.75. The molecule has 0 radical (unpaired) electrons. The molecule has 0 unspecified atom stereocenters. The third kappa shape index (κ3) is 2.79. The Kier molecular flexibility index (Phi) is 3.47. The third-order valence-corrected chi connectivity index (χ3v) is 1.75. The average Bonchev–Trinajstić information content (AvgIpc) is 1.99. The number of ketones is 1. The predicted molar refractivity (Wildman–Crippen MR) is 49.2 cm³/mol. The normalized spacial score (nSPS) is 10.8. The number of benzene rings is 1. The number of halogens is 3. The zero-order valence-electron chi connectivity index (χ0n) is 8.35. The molecule has 0 amide bonds. The molecule has 0 atom stereocenters. The van der Waals surface area contributed by atoms with Crippen LogP contribution in [0.3, 0.4) is 0 Å². The minimum Gasteiger partial charge on any atom is -0.302 e. The van der Waals surface area contributed by atoms with Gasteiger partial charge in [0.1, 0.15) is 17.5 Å². The maximum absolute atomic E-state index is 13.1. The number of hydrogen-bond acceptors (Lipinski definition) is 2. The SMILES string of the molecule is CN(C)CC(=O)c1c(F)cc(F)cc1F. The second-order valence-electron chi connectivity index (χ2n) is 3.41. The van der Waals surface area contributed by atoms with Gasteiger partial charge in [-0.1, -0.05) is 0 Å². The summed E-state index contributed by atoms with van der Waals surface area (Å²) in [6, 6.07) is 0.984. The molecule has 0 aliphatic heterocycles. The molecule has 1 aromatic rings. The van der Waals surface area contributed by atoms with Crippen molar-refractivity contribution in [2.75, 3.05) is 20.6 Å². The van der Waals surface area contributed by atoms with E-state index in [0.29, 0.717) is 12.1 Å². The summed E-state index contributed by atoms with van der Waals surface area (Å²) in [5, 5.41) is 0. The lowest BCUT2D eigenvalue weighted by molar-refractivity contribution is 0.0949. The fraction of sp³-hybridized carbons (Fsp3) is 0.300. The Morgan fingerprint density at radius 3 is 2.07 bits per heavy atom.